The van der Waals surface area contributed by atoms with Crippen molar-refractivity contribution >= 4 is 17.5 Å². The molecule has 3 rings (SSSR count). The van der Waals surface area contributed by atoms with Gasteiger partial charge in [0.05, 0.1) is 6.42 Å². The standard InChI is InChI=1S/C24H19N3O2/c25-16-20(24(29)27-23(28)15-18-9-3-1-4-10-18)17-26-22-14-8-7-13-21(22)19-11-5-2-6-12-19/h1-14,17,26H,15H2,(H,27,28,29)/b20-17-. The van der Waals surface area contributed by atoms with Crippen LogP contribution in [0.5, 0.6) is 0 Å². The summed E-state index contributed by atoms with van der Waals surface area (Å²) in [4.78, 5) is 24.4. The minimum atomic E-state index is -0.738. The minimum Gasteiger partial charge on any atom is -0.360 e. The molecular formula is C24H19N3O2. The van der Waals surface area contributed by atoms with Gasteiger partial charge in [-0.2, -0.15) is 5.26 Å². The zero-order chi connectivity index (χ0) is 20.5. The third-order valence-corrected chi connectivity index (χ3v) is 4.21. The van der Waals surface area contributed by atoms with Crippen molar-refractivity contribution in [1.29, 1.82) is 5.26 Å². The van der Waals surface area contributed by atoms with Gasteiger partial charge in [0.15, 0.2) is 0 Å². The predicted octanol–water partition coefficient (Wildman–Crippen LogP) is 4.06. The second-order valence-electron chi connectivity index (χ2n) is 6.27. The summed E-state index contributed by atoms with van der Waals surface area (Å²) in [7, 11) is 0. The van der Waals surface area contributed by atoms with Crippen LogP contribution in [0.15, 0.2) is 96.7 Å². The summed E-state index contributed by atoms with van der Waals surface area (Å²) in [6.45, 7) is 0. The maximum Gasteiger partial charge on any atom is 0.270 e. The summed E-state index contributed by atoms with van der Waals surface area (Å²) in [5.74, 6) is -1.20. The van der Waals surface area contributed by atoms with E-state index in [0.717, 1.165) is 22.4 Å². The molecule has 0 fully saturated rings. The van der Waals surface area contributed by atoms with E-state index >= 15 is 0 Å². The van der Waals surface area contributed by atoms with E-state index in [-0.39, 0.29) is 12.0 Å². The molecule has 5 nitrogen and oxygen atoms in total. The maximum absolute atomic E-state index is 12.3. The van der Waals surface area contributed by atoms with Crippen molar-refractivity contribution in [2.75, 3.05) is 5.32 Å². The van der Waals surface area contributed by atoms with Gasteiger partial charge in [0.2, 0.25) is 5.91 Å². The molecule has 3 aromatic carbocycles. The summed E-state index contributed by atoms with van der Waals surface area (Å²) in [5, 5.41) is 14.6. The lowest BCUT2D eigenvalue weighted by molar-refractivity contribution is -0.127. The first-order chi connectivity index (χ1) is 14.2. The highest BCUT2D eigenvalue weighted by Gasteiger charge is 2.14. The van der Waals surface area contributed by atoms with Crippen LogP contribution in [0.1, 0.15) is 5.56 Å². The fraction of sp³-hybridized carbons (Fsp3) is 0.0417. The van der Waals surface area contributed by atoms with Crippen LogP contribution >= 0.6 is 0 Å². The molecule has 0 aliphatic carbocycles. The molecule has 2 amide bonds. The number of imide groups is 1. The van der Waals surface area contributed by atoms with Gasteiger partial charge in [-0.1, -0.05) is 78.9 Å². The number of carbonyl (C=O) groups is 2. The van der Waals surface area contributed by atoms with Crippen molar-refractivity contribution in [3.8, 4) is 17.2 Å². The summed E-state index contributed by atoms with van der Waals surface area (Å²) < 4.78 is 0. The Bertz CT molecular complexity index is 1070. The lowest BCUT2D eigenvalue weighted by atomic mass is 10.0. The van der Waals surface area contributed by atoms with Crippen LogP contribution in [-0.4, -0.2) is 11.8 Å². The molecule has 0 atom stereocenters. The second-order valence-corrected chi connectivity index (χ2v) is 6.27. The molecule has 0 spiro atoms. The Morgan fingerprint density at radius 1 is 0.862 bits per heavy atom. The van der Waals surface area contributed by atoms with Gasteiger partial charge >= 0.3 is 0 Å². The number of nitrogens with zero attached hydrogens (tertiary/aromatic N) is 1. The Morgan fingerprint density at radius 2 is 1.48 bits per heavy atom. The molecule has 2 N–H and O–H groups in total. The summed E-state index contributed by atoms with van der Waals surface area (Å²) in [5.41, 5.74) is 3.28. The Hall–Kier alpha value is -4.17. The minimum absolute atomic E-state index is 0.0650. The number of rotatable bonds is 6. The lowest BCUT2D eigenvalue weighted by Crippen LogP contribution is -2.32. The first kappa shape index (κ1) is 19.6. The summed E-state index contributed by atoms with van der Waals surface area (Å²) in [6, 6.07) is 28.3. The van der Waals surface area contributed by atoms with Gasteiger partial charge in [0, 0.05) is 17.5 Å². The molecule has 142 valence electrons. The number of anilines is 1. The third kappa shape index (κ3) is 5.41. The highest BCUT2D eigenvalue weighted by Crippen LogP contribution is 2.27. The van der Waals surface area contributed by atoms with Crippen LogP contribution in [0.25, 0.3) is 11.1 Å². The van der Waals surface area contributed by atoms with Gasteiger partial charge in [-0.25, -0.2) is 0 Å². The smallest absolute Gasteiger partial charge is 0.270 e. The molecule has 3 aromatic rings. The molecule has 0 unspecified atom stereocenters. The van der Waals surface area contributed by atoms with E-state index < -0.39 is 11.8 Å². The maximum atomic E-state index is 12.3. The van der Waals surface area contributed by atoms with Crippen molar-refractivity contribution < 1.29 is 9.59 Å². The van der Waals surface area contributed by atoms with Crippen LogP contribution < -0.4 is 10.6 Å². The molecule has 29 heavy (non-hydrogen) atoms. The van der Waals surface area contributed by atoms with E-state index in [0.29, 0.717) is 0 Å². The van der Waals surface area contributed by atoms with Gasteiger partial charge in [0.25, 0.3) is 5.91 Å². The van der Waals surface area contributed by atoms with Crippen LogP contribution in [0, 0.1) is 11.3 Å². The zero-order valence-electron chi connectivity index (χ0n) is 15.6. The summed E-state index contributed by atoms with van der Waals surface area (Å²) in [6.07, 6.45) is 1.38. The monoisotopic (exact) mass is 381 g/mol. The molecule has 0 aromatic heterocycles. The van der Waals surface area contributed by atoms with Crippen LogP contribution in [0.4, 0.5) is 5.69 Å². The Kier molecular flexibility index (Phi) is 6.53. The van der Waals surface area contributed by atoms with Crippen molar-refractivity contribution in [3.63, 3.8) is 0 Å². The van der Waals surface area contributed by atoms with Gasteiger partial charge < -0.3 is 5.32 Å². The normalized spacial score (nSPS) is 10.7. The van der Waals surface area contributed by atoms with E-state index in [2.05, 4.69) is 10.6 Å². The van der Waals surface area contributed by atoms with Gasteiger partial charge in [-0.3, -0.25) is 14.9 Å². The van der Waals surface area contributed by atoms with Crippen molar-refractivity contribution in [2.24, 2.45) is 0 Å². The van der Waals surface area contributed by atoms with E-state index in [1.807, 2.05) is 78.9 Å². The average molecular weight is 381 g/mol. The van der Waals surface area contributed by atoms with E-state index in [4.69, 9.17) is 0 Å². The summed E-state index contributed by atoms with van der Waals surface area (Å²) >= 11 is 0. The van der Waals surface area contributed by atoms with Gasteiger partial charge in [-0.15, -0.1) is 0 Å². The van der Waals surface area contributed by atoms with E-state index in [1.54, 1.807) is 12.1 Å². The first-order valence-corrected chi connectivity index (χ1v) is 9.07. The van der Waals surface area contributed by atoms with Crippen LogP contribution in [0.2, 0.25) is 0 Å². The molecule has 0 saturated heterocycles. The average Bonchev–Trinajstić information content (AvgIpc) is 2.75. The van der Waals surface area contributed by atoms with Crippen molar-refractivity contribution in [2.45, 2.75) is 6.42 Å². The Labute approximate surface area is 169 Å². The highest BCUT2D eigenvalue weighted by molar-refractivity contribution is 6.07. The highest BCUT2D eigenvalue weighted by atomic mass is 16.2. The number of nitrogens with one attached hydrogen (secondary N) is 2. The SMILES string of the molecule is N#C/C(=C/Nc1ccccc1-c1ccccc1)C(=O)NC(=O)Cc1ccccc1. The molecule has 0 aliphatic heterocycles. The molecule has 0 aliphatic rings. The molecule has 0 bridgehead atoms. The molecule has 5 heteroatoms. The number of carbonyl (C=O) groups excluding carboxylic acids is 2. The van der Waals surface area contributed by atoms with Gasteiger partial charge in [0.1, 0.15) is 11.6 Å². The van der Waals surface area contributed by atoms with Crippen molar-refractivity contribution in [1.82, 2.24) is 5.32 Å². The fourth-order valence-corrected chi connectivity index (χ4v) is 2.80. The quantitative estimate of drug-likeness (QED) is 0.498. The fourth-order valence-electron chi connectivity index (χ4n) is 2.80. The number of para-hydroxylation sites is 1. The molecule has 0 saturated carbocycles. The third-order valence-electron chi connectivity index (χ3n) is 4.21. The number of nitriles is 1. The number of benzene rings is 3. The number of hydrogen-bond acceptors (Lipinski definition) is 4. The Balaban J connectivity index is 1.70. The number of amides is 2. The molecule has 0 radical (unpaired) electrons. The van der Waals surface area contributed by atoms with Crippen LogP contribution in [-0.2, 0) is 16.0 Å². The second kappa shape index (κ2) is 9.67. The van der Waals surface area contributed by atoms with E-state index in [1.165, 1.54) is 6.20 Å². The molecule has 0 heterocycles. The first-order valence-electron chi connectivity index (χ1n) is 9.07. The number of hydrogen-bond donors (Lipinski definition) is 2. The largest absolute Gasteiger partial charge is 0.360 e. The predicted molar refractivity (Wildman–Crippen MR) is 112 cm³/mol. The topological polar surface area (TPSA) is 82.0 Å². The lowest BCUT2D eigenvalue weighted by Gasteiger charge is -2.10. The zero-order valence-corrected chi connectivity index (χ0v) is 15.6. The molecular weight excluding hydrogens is 362 g/mol. The van der Waals surface area contributed by atoms with Crippen LogP contribution in [0.3, 0.4) is 0 Å². The van der Waals surface area contributed by atoms with Crippen molar-refractivity contribution in [3.05, 3.63) is 102 Å². The Morgan fingerprint density at radius 3 is 2.17 bits per heavy atom. The van der Waals surface area contributed by atoms with Gasteiger partial charge in [-0.05, 0) is 17.2 Å². The van der Waals surface area contributed by atoms with E-state index in [9.17, 15) is 14.9 Å².